The van der Waals surface area contributed by atoms with Crippen molar-refractivity contribution in [1.82, 2.24) is 10.1 Å². The number of hydrogen-bond acceptors (Lipinski definition) is 4. The van der Waals surface area contributed by atoms with Crippen molar-refractivity contribution in [2.45, 2.75) is 44.9 Å². The van der Waals surface area contributed by atoms with E-state index in [0.717, 1.165) is 24.1 Å². The van der Waals surface area contributed by atoms with Crippen molar-refractivity contribution in [3.8, 4) is 0 Å². The summed E-state index contributed by atoms with van der Waals surface area (Å²) in [4.78, 5) is 29.5. The minimum absolute atomic E-state index is 0.0699. The van der Waals surface area contributed by atoms with Crippen molar-refractivity contribution in [1.29, 1.82) is 0 Å². The van der Waals surface area contributed by atoms with Gasteiger partial charge in [0.15, 0.2) is 0 Å². The molecule has 6 nitrogen and oxygen atoms in total. The normalized spacial score (nSPS) is 20.2. The average Bonchev–Trinajstić information content (AvgIpc) is 3.45. The fourth-order valence-corrected chi connectivity index (χ4v) is 4.90. The number of anilines is 1. The topological polar surface area (TPSA) is 66.7 Å². The van der Waals surface area contributed by atoms with Crippen LogP contribution in [0.15, 0.2) is 22.7 Å². The van der Waals surface area contributed by atoms with Crippen LogP contribution in [0.1, 0.15) is 53.1 Å². The van der Waals surface area contributed by atoms with E-state index in [1.54, 1.807) is 26.0 Å². The Morgan fingerprint density at radius 1 is 1.21 bits per heavy atom. The molecule has 0 bridgehead atoms. The fraction of sp³-hybridized carbons (Fsp3) is 0.500. The lowest BCUT2D eigenvalue weighted by molar-refractivity contribution is -0.119. The first-order valence-corrected chi connectivity index (χ1v) is 10.2. The molecule has 0 atom stereocenters. The molecule has 1 aliphatic carbocycles. The molecule has 3 aliphatic rings. The second-order valence-corrected chi connectivity index (χ2v) is 8.63. The number of piperidine rings is 1. The average molecular weight is 397 g/mol. The van der Waals surface area contributed by atoms with E-state index in [2.05, 4.69) is 5.16 Å². The molecular formula is C22H24FN3O3. The molecule has 0 unspecified atom stereocenters. The summed E-state index contributed by atoms with van der Waals surface area (Å²) in [7, 11) is 0. The van der Waals surface area contributed by atoms with Crippen LogP contribution in [0.5, 0.6) is 0 Å². The highest BCUT2D eigenvalue weighted by Gasteiger charge is 2.49. The number of carbonyl (C=O) groups is 2. The molecule has 29 heavy (non-hydrogen) atoms. The minimum Gasteiger partial charge on any atom is -0.361 e. The number of aryl methyl sites for hydroxylation is 2. The quantitative estimate of drug-likeness (QED) is 0.779. The van der Waals surface area contributed by atoms with E-state index in [-0.39, 0.29) is 29.0 Å². The molecule has 1 saturated carbocycles. The molecule has 3 heterocycles. The largest absolute Gasteiger partial charge is 0.361 e. The Kier molecular flexibility index (Phi) is 4.05. The zero-order chi connectivity index (χ0) is 20.3. The SMILES string of the molecule is Cc1noc(C)c1C(=O)N1CCC2(CC1)CN(C(=O)C1CC1)c1ccc(F)cc12. The van der Waals surface area contributed by atoms with Crippen molar-refractivity contribution in [2.24, 2.45) is 5.92 Å². The number of nitrogens with zero attached hydrogens (tertiary/aromatic N) is 3. The summed E-state index contributed by atoms with van der Waals surface area (Å²) >= 11 is 0. The highest BCUT2D eigenvalue weighted by Crippen LogP contribution is 2.49. The lowest BCUT2D eigenvalue weighted by atomic mass is 9.74. The Labute approximate surface area is 168 Å². The molecule has 1 aromatic heterocycles. The molecule has 1 spiro atoms. The van der Waals surface area contributed by atoms with Crippen molar-refractivity contribution >= 4 is 17.5 Å². The van der Waals surface area contributed by atoms with Gasteiger partial charge < -0.3 is 14.3 Å². The van der Waals surface area contributed by atoms with E-state index in [4.69, 9.17) is 4.52 Å². The maximum Gasteiger partial charge on any atom is 0.259 e. The van der Waals surface area contributed by atoms with Crippen molar-refractivity contribution in [3.63, 3.8) is 0 Å². The zero-order valence-corrected chi connectivity index (χ0v) is 16.7. The lowest BCUT2D eigenvalue weighted by Gasteiger charge is -2.39. The number of hydrogen-bond donors (Lipinski definition) is 0. The minimum atomic E-state index is -0.294. The summed E-state index contributed by atoms with van der Waals surface area (Å²) in [5.74, 6) is 0.452. The number of carbonyl (C=O) groups excluding carboxylic acids is 2. The maximum absolute atomic E-state index is 14.1. The van der Waals surface area contributed by atoms with Crippen LogP contribution in [0.25, 0.3) is 0 Å². The van der Waals surface area contributed by atoms with Crippen LogP contribution >= 0.6 is 0 Å². The molecule has 2 aliphatic heterocycles. The molecule has 0 N–H and O–H groups in total. The summed E-state index contributed by atoms with van der Waals surface area (Å²) < 4.78 is 19.2. The van der Waals surface area contributed by atoms with E-state index in [9.17, 15) is 14.0 Å². The monoisotopic (exact) mass is 397 g/mol. The van der Waals surface area contributed by atoms with Gasteiger partial charge in [0.25, 0.3) is 5.91 Å². The van der Waals surface area contributed by atoms with Gasteiger partial charge in [-0.25, -0.2) is 4.39 Å². The molecule has 5 rings (SSSR count). The maximum atomic E-state index is 14.1. The Hall–Kier alpha value is -2.70. The fourth-order valence-electron chi connectivity index (χ4n) is 4.90. The van der Waals surface area contributed by atoms with Crippen LogP contribution < -0.4 is 4.90 Å². The highest BCUT2D eigenvalue weighted by atomic mass is 19.1. The predicted molar refractivity (Wildman–Crippen MR) is 104 cm³/mol. The number of amides is 2. The van der Waals surface area contributed by atoms with Gasteiger partial charge in [-0.3, -0.25) is 9.59 Å². The van der Waals surface area contributed by atoms with Gasteiger partial charge in [-0.05, 0) is 63.3 Å². The van der Waals surface area contributed by atoms with Crippen LogP contribution in [0.2, 0.25) is 0 Å². The van der Waals surface area contributed by atoms with E-state index in [0.29, 0.717) is 49.5 Å². The smallest absolute Gasteiger partial charge is 0.259 e. The van der Waals surface area contributed by atoms with Gasteiger partial charge in [0.05, 0.1) is 5.69 Å². The van der Waals surface area contributed by atoms with Crippen LogP contribution in [0, 0.1) is 25.6 Å². The Morgan fingerprint density at radius 2 is 1.93 bits per heavy atom. The predicted octanol–water partition coefficient (Wildman–Crippen LogP) is 3.36. The third-order valence-electron chi connectivity index (χ3n) is 6.73. The molecule has 1 aromatic carbocycles. The van der Waals surface area contributed by atoms with Gasteiger partial charge in [0.1, 0.15) is 17.1 Å². The molecule has 1 saturated heterocycles. The first kappa shape index (κ1) is 18.3. The number of fused-ring (bicyclic) bond motifs is 2. The van der Waals surface area contributed by atoms with Crippen LogP contribution in [0.3, 0.4) is 0 Å². The molecule has 152 valence electrons. The number of benzene rings is 1. The molecule has 2 aromatic rings. The zero-order valence-electron chi connectivity index (χ0n) is 16.7. The Balaban J connectivity index is 1.41. The van der Waals surface area contributed by atoms with Crippen LogP contribution in [-0.4, -0.2) is 41.5 Å². The van der Waals surface area contributed by atoms with Crippen molar-refractivity contribution in [2.75, 3.05) is 24.5 Å². The summed E-state index contributed by atoms with van der Waals surface area (Å²) in [5, 5.41) is 3.89. The van der Waals surface area contributed by atoms with Crippen molar-refractivity contribution < 1.29 is 18.5 Å². The van der Waals surface area contributed by atoms with Crippen molar-refractivity contribution in [3.05, 3.63) is 46.6 Å². The van der Waals surface area contributed by atoms with E-state index in [1.807, 2.05) is 9.80 Å². The Morgan fingerprint density at radius 3 is 2.55 bits per heavy atom. The number of likely N-dealkylation sites (tertiary alicyclic amines) is 1. The van der Waals surface area contributed by atoms with Gasteiger partial charge in [-0.15, -0.1) is 0 Å². The lowest BCUT2D eigenvalue weighted by Crippen LogP contribution is -2.48. The number of rotatable bonds is 2. The van der Waals surface area contributed by atoms with Gasteiger partial charge in [0.2, 0.25) is 5.91 Å². The number of aromatic nitrogens is 1. The summed E-state index contributed by atoms with van der Waals surface area (Å²) in [6.45, 7) is 5.21. The van der Waals surface area contributed by atoms with Gasteiger partial charge >= 0.3 is 0 Å². The van der Waals surface area contributed by atoms with Crippen LogP contribution in [0.4, 0.5) is 10.1 Å². The van der Waals surface area contributed by atoms with E-state index in [1.165, 1.54) is 6.07 Å². The van der Waals surface area contributed by atoms with E-state index >= 15 is 0 Å². The second kappa shape index (κ2) is 6.40. The molecule has 0 radical (unpaired) electrons. The first-order chi connectivity index (χ1) is 13.9. The van der Waals surface area contributed by atoms with E-state index < -0.39 is 0 Å². The molecule has 2 fully saturated rings. The van der Waals surface area contributed by atoms with Gasteiger partial charge in [-0.1, -0.05) is 5.16 Å². The third kappa shape index (κ3) is 2.86. The summed E-state index contributed by atoms with van der Waals surface area (Å²) in [6, 6.07) is 4.75. The summed E-state index contributed by atoms with van der Waals surface area (Å²) in [6.07, 6.45) is 3.29. The molecule has 7 heteroatoms. The first-order valence-electron chi connectivity index (χ1n) is 10.2. The molecular weight excluding hydrogens is 373 g/mol. The number of halogens is 1. The third-order valence-corrected chi connectivity index (χ3v) is 6.73. The highest BCUT2D eigenvalue weighted by molar-refractivity contribution is 5.99. The van der Waals surface area contributed by atoms with Crippen LogP contribution in [-0.2, 0) is 10.2 Å². The van der Waals surface area contributed by atoms with Gasteiger partial charge in [-0.2, -0.15) is 0 Å². The summed E-state index contributed by atoms with van der Waals surface area (Å²) in [5.41, 5.74) is 2.59. The van der Waals surface area contributed by atoms with Gasteiger partial charge in [0, 0.05) is 36.7 Å². The standard InChI is InChI=1S/C22H24FN3O3/c1-13-19(14(2)29-24-13)21(28)25-9-7-22(8-10-25)12-26(20(27)15-3-4-15)18-6-5-16(23)11-17(18)22/h5-6,11,15H,3-4,7-10,12H2,1-2H3. The second-order valence-electron chi connectivity index (χ2n) is 8.63. The molecule has 2 amide bonds. The Bertz CT molecular complexity index is 983.